The van der Waals surface area contributed by atoms with Crippen LogP contribution in [0.15, 0.2) is 24.3 Å². The lowest BCUT2D eigenvalue weighted by Gasteiger charge is -2.36. The molecule has 0 spiro atoms. The van der Waals surface area contributed by atoms with Crippen molar-refractivity contribution in [3.63, 3.8) is 0 Å². The summed E-state index contributed by atoms with van der Waals surface area (Å²) in [7, 11) is 0. The lowest BCUT2D eigenvalue weighted by atomic mass is 9.79. The molecule has 106 valence electrons. The van der Waals surface area contributed by atoms with Crippen molar-refractivity contribution < 1.29 is 5.11 Å². The van der Waals surface area contributed by atoms with E-state index in [1.165, 1.54) is 0 Å². The SMILES string of the molecule is CC1CCC(O)(CNC(C)c2ccccc2Cl)CC1. The van der Waals surface area contributed by atoms with Crippen LogP contribution in [0.4, 0.5) is 0 Å². The maximum atomic E-state index is 10.6. The highest BCUT2D eigenvalue weighted by Gasteiger charge is 2.31. The molecule has 1 atom stereocenters. The van der Waals surface area contributed by atoms with Crippen molar-refractivity contribution in [2.45, 2.75) is 51.2 Å². The van der Waals surface area contributed by atoms with E-state index in [0.29, 0.717) is 6.54 Å². The average molecular weight is 282 g/mol. The highest BCUT2D eigenvalue weighted by molar-refractivity contribution is 6.31. The van der Waals surface area contributed by atoms with Crippen LogP contribution in [0.25, 0.3) is 0 Å². The summed E-state index contributed by atoms with van der Waals surface area (Å²) in [5.41, 5.74) is 0.555. The predicted octanol–water partition coefficient (Wildman–Crippen LogP) is 3.93. The molecule has 1 aliphatic carbocycles. The first-order chi connectivity index (χ1) is 9.00. The molecule has 0 amide bonds. The molecule has 19 heavy (non-hydrogen) atoms. The Morgan fingerprint density at radius 3 is 2.63 bits per heavy atom. The maximum Gasteiger partial charge on any atom is 0.0772 e. The van der Waals surface area contributed by atoms with Crippen LogP contribution in [0.1, 0.15) is 51.1 Å². The van der Waals surface area contributed by atoms with Gasteiger partial charge in [0, 0.05) is 17.6 Å². The summed E-state index contributed by atoms with van der Waals surface area (Å²) in [6, 6.07) is 8.04. The van der Waals surface area contributed by atoms with Crippen molar-refractivity contribution in [2.75, 3.05) is 6.54 Å². The molecule has 3 heteroatoms. The van der Waals surface area contributed by atoms with E-state index < -0.39 is 5.60 Å². The van der Waals surface area contributed by atoms with Crippen LogP contribution in [0, 0.1) is 5.92 Å². The quantitative estimate of drug-likeness (QED) is 0.876. The van der Waals surface area contributed by atoms with Crippen LogP contribution < -0.4 is 5.32 Å². The fraction of sp³-hybridized carbons (Fsp3) is 0.625. The molecule has 1 fully saturated rings. The normalized spacial score (nSPS) is 29.2. The zero-order valence-corrected chi connectivity index (χ0v) is 12.6. The molecule has 0 bridgehead atoms. The van der Waals surface area contributed by atoms with Crippen LogP contribution in [0.5, 0.6) is 0 Å². The van der Waals surface area contributed by atoms with E-state index in [4.69, 9.17) is 11.6 Å². The summed E-state index contributed by atoms with van der Waals surface area (Å²) < 4.78 is 0. The van der Waals surface area contributed by atoms with Crippen molar-refractivity contribution in [2.24, 2.45) is 5.92 Å². The second kappa shape index (κ2) is 6.25. The zero-order chi connectivity index (χ0) is 13.9. The third-order valence-electron chi connectivity index (χ3n) is 4.31. The molecule has 1 unspecified atom stereocenters. The van der Waals surface area contributed by atoms with Crippen LogP contribution in [-0.2, 0) is 0 Å². The smallest absolute Gasteiger partial charge is 0.0772 e. The molecule has 1 aromatic carbocycles. The standard InChI is InChI=1S/C16H24ClNO/c1-12-7-9-16(19,10-8-12)11-18-13(2)14-5-3-4-6-15(14)17/h3-6,12-13,18-19H,7-11H2,1-2H3. The number of hydrogen-bond acceptors (Lipinski definition) is 2. The second-order valence-electron chi connectivity index (χ2n) is 6.03. The average Bonchev–Trinajstić information content (AvgIpc) is 2.41. The Kier molecular flexibility index (Phi) is 4.88. The summed E-state index contributed by atoms with van der Waals surface area (Å²) in [5, 5.41) is 14.8. The number of aliphatic hydroxyl groups is 1. The van der Waals surface area contributed by atoms with Gasteiger partial charge in [0.1, 0.15) is 0 Å². The molecule has 1 saturated carbocycles. The van der Waals surface area contributed by atoms with Gasteiger partial charge in [-0.3, -0.25) is 0 Å². The molecule has 0 aromatic heterocycles. The van der Waals surface area contributed by atoms with Crippen molar-refractivity contribution in [3.05, 3.63) is 34.9 Å². The van der Waals surface area contributed by atoms with Gasteiger partial charge in [-0.05, 0) is 50.2 Å². The van der Waals surface area contributed by atoms with Crippen molar-refractivity contribution in [3.8, 4) is 0 Å². The van der Waals surface area contributed by atoms with Crippen LogP contribution in [-0.4, -0.2) is 17.3 Å². The number of nitrogens with one attached hydrogen (secondary N) is 1. The summed E-state index contributed by atoms with van der Waals surface area (Å²) in [6.07, 6.45) is 4.05. The topological polar surface area (TPSA) is 32.3 Å². The lowest BCUT2D eigenvalue weighted by Crippen LogP contribution is -2.44. The number of benzene rings is 1. The summed E-state index contributed by atoms with van der Waals surface area (Å²) in [5.74, 6) is 0.751. The number of hydrogen-bond donors (Lipinski definition) is 2. The van der Waals surface area contributed by atoms with Gasteiger partial charge in [-0.25, -0.2) is 0 Å². The highest BCUT2D eigenvalue weighted by atomic mass is 35.5. The Bertz CT molecular complexity index is 413. The first kappa shape index (κ1) is 14.8. The van der Waals surface area contributed by atoms with Gasteiger partial charge >= 0.3 is 0 Å². The summed E-state index contributed by atoms with van der Waals surface area (Å²) >= 11 is 6.19. The fourth-order valence-electron chi connectivity index (χ4n) is 2.76. The molecule has 0 saturated heterocycles. The zero-order valence-electron chi connectivity index (χ0n) is 11.8. The van der Waals surface area contributed by atoms with Crippen LogP contribution in [0.2, 0.25) is 5.02 Å². The monoisotopic (exact) mass is 281 g/mol. The Balaban J connectivity index is 1.90. The van der Waals surface area contributed by atoms with Gasteiger partial charge in [0.05, 0.1) is 5.60 Å². The minimum Gasteiger partial charge on any atom is -0.389 e. The number of halogens is 1. The molecule has 1 aliphatic rings. The molecular formula is C16H24ClNO. The third kappa shape index (κ3) is 3.95. The van der Waals surface area contributed by atoms with Crippen LogP contribution in [0.3, 0.4) is 0 Å². The van der Waals surface area contributed by atoms with E-state index in [-0.39, 0.29) is 6.04 Å². The first-order valence-corrected chi connectivity index (χ1v) is 7.58. The molecular weight excluding hydrogens is 258 g/mol. The molecule has 2 rings (SSSR count). The Hall–Kier alpha value is -0.570. The first-order valence-electron chi connectivity index (χ1n) is 7.20. The number of rotatable bonds is 4. The van der Waals surface area contributed by atoms with E-state index in [0.717, 1.165) is 42.2 Å². The van der Waals surface area contributed by atoms with Crippen molar-refractivity contribution >= 4 is 11.6 Å². The second-order valence-corrected chi connectivity index (χ2v) is 6.44. The molecule has 0 radical (unpaired) electrons. The lowest BCUT2D eigenvalue weighted by molar-refractivity contribution is -0.00783. The Labute approximate surface area is 121 Å². The highest BCUT2D eigenvalue weighted by Crippen LogP contribution is 2.32. The molecule has 0 heterocycles. The van der Waals surface area contributed by atoms with Gasteiger partial charge in [-0.2, -0.15) is 0 Å². The molecule has 2 N–H and O–H groups in total. The van der Waals surface area contributed by atoms with E-state index in [9.17, 15) is 5.11 Å². The van der Waals surface area contributed by atoms with E-state index in [1.54, 1.807) is 0 Å². The van der Waals surface area contributed by atoms with Gasteiger partial charge in [0.25, 0.3) is 0 Å². The van der Waals surface area contributed by atoms with Gasteiger partial charge in [0.15, 0.2) is 0 Å². The fourth-order valence-corrected chi connectivity index (χ4v) is 3.05. The third-order valence-corrected chi connectivity index (χ3v) is 4.66. The Morgan fingerprint density at radius 2 is 2.00 bits per heavy atom. The minimum absolute atomic E-state index is 0.164. The van der Waals surface area contributed by atoms with Gasteiger partial charge in [-0.15, -0.1) is 0 Å². The largest absolute Gasteiger partial charge is 0.389 e. The van der Waals surface area contributed by atoms with E-state index >= 15 is 0 Å². The molecule has 0 aliphatic heterocycles. The van der Waals surface area contributed by atoms with E-state index in [2.05, 4.69) is 19.2 Å². The Morgan fingerprint density at radius 1 is 1.37 bits per heavy atom. The van der Waals surface area contributed by atoms with Gasteiger partial charge < -0.3 is 10.4 Å². The molecule has 2 nitrogen and oxygen atoms in total. The molecule has 1 aromatic rings. The summed E-state index contributed by atoms with van der Waals surface area (Å²) in [6.45, 7) is 5.00. The van der Waals surface area contributed by atoms with Gasteiger partial charge in [-0.1, -0.05) is 36.7 Å². The summed E-state index contributed by atoms with van der Waals surface area (Å²) in [4.78, 5) is 0. The van der Waals surface area contributed by atoms with Gasteiger partial charge in [0.2, 0.25) is 0 Å². The maximum absolute atomic E-state index is 10.6. The van der Waals surface area contributed by atoms with E-state index in [1.807, 2.05) is 24.3 Å². The minimum atomic E-state index is -0.540. The van der Waals surface area contributed by atoms with Crippen molar-refractivity contribution in [1.82, 2.24) is 5.32 Å². The van der Waals surface area contributed by atoms with Crippen molar-refractivity contribution in [1.29, 1.82) is 0 Å². The van der Waals surface area contributed by atoms with Crippen LogP contribution >= 0.6 is 11.6 Å². The predicted molar refractivity (Wildman–Crippen MR) is 80.5 cm³/mol.